The molecule has 1 N–H and O–H groups in total. The van der Waals surface area contributed by atoms with Gasteiger partial charge in [0.15, 0.2) is 4.77 Å². The molecule has 0 aliphatic heterocycles. The van der Waals surface area contributed by atoms with Crippen LogP contribution >= 0.6 is 23.6 Å². The van der Waals surface area contributed by atoms with Crippen LogP contribution in [-0.4, -0.2) is 22.8 Å². The van der Waals surface area contributed by atoms with E-state index in [1.54, 1.807) is 15.9 Å². The van der Waals surface area contributed by atoms with E-state index in [9.17, 15) is 4.79 Å². The van der Waals surface area contributed by atoms with Gasteiger partial charge in [-0.3, -0.25) is 9.36 Å². The number of nitrogens with one attached hydrogen (secondary N) is 1. The molecule has 4 nitrogen and oxygen atoms in total. The molecule has 0 atom stereocenters. The Morgan fingerprint density at radius 3 is 3.05 bits per heavy atom. The molecule has 1 fully saturated rings. The molecule has 0 radical (unpaired) electrons. The van der Waals surface area contributed by atoms with Crippen molar-refractivity contribution >= 4 is 33.8 Å². The molecular weight excluding hydrogens is 304 g/mol. The minimum Gasteiger partial charge on any atom is -0.379 e. The second kappa shape index (κ2) is 5.34. The van der Waals surface area contributed by atoms with Gasteiger partial charge in [0.2, 0.25) is 0 Å². The molecule has 1 saturated carbocycles. The number of nitrogens with zero attached hydrogens (tertiary/aromatic N) is 1. The summed E-state index contributed by atoms with van der Waals surface area (Å²) in [4.78, 5) is 18.3. The van der Waals surface area contributed by atoms with Gasteiger partial charge in [-0.1, -0.05) is 0 Å². The molecule has 0 unspecified atom stereocenters. The predicted octanol–water partition coefficient (Wildman–Crippen LogP) is 3.04. The molecule has 2 aliphatic rings. The van der Waals surface area contributed by atoms with Crippen LogP contribution in [0.4, 0.5) is 0 Å². The zero-order valence-corrected chi connectivity index (χ0v) is 13.4. The van der Waals surface area contributed by atoms with E-state index in [-0.39, 0.29) is 5.56 Å². The van der Waals surface area contributed by atoms with E-state index in [2.05, 4.69) is 4.98 Å². The fourth-order valence-corrected chi connectivity index (χ4v) is 4.63. The van der Waals surface area contributed by atoms with Crippen molar-refractivity contribution in [1.82, 2.24) is 9.55 Å². The van der Waals surface area contributed by atoms with Crippen molar-refractivity contribution in [3.05, 3.63) is 25.6 Å². The fraction of sp³-hybridized carbons (Fsp3) is 0.600. The molecular formula is C15H18N2O2S2. The van der Waals surface area contributed by atoms with Crippen molar-refractivity contribution in [3.63, 3.8) is 0 Å². The molecule has 6 heteroatoms. The number of thiophene rings is 1. The summed E-state index contributed by atoms with van der Waals surface area (Å²) in [5.74, 6) is 0.749. The number of fused-ring (bicyclic) bond motifs is 3. The van der Waals surface area contributed by atoms with Crippen LogP contribution in [0.1, 0.15) is 29.7 Å². The molecule has 2 aromatic heterocycles. The molecule has 2 aliphatic carbocycles. The van der Waals surface area contributed by atoms with Crippen LogP contribution in [0.15, 0.2) is 4.79 Å². The van der Waals surface area contributed by atoms with Crippen LogP contribution in [0.25, 0.3) is 10.2 Å². The van der Waals surface area contributed by atoms with Crippen molar-refractivity contribution in [2.24, 2.45) is 5.92 Å². The largest absolute Gasteiger partial charge is 0.379 e. The molecule has 2 aromatic rings. The third-order valence-electron chi connectivity index (χ3n) is 4.36. The predicted molar refractivity (Wildman–Crippen MR) is 86.8 cm³/mol. The van der Waals surface area contributed by atoms with E-state index >= 15 is 0 Å². The highest BCUT2D eigenvalue weighted by Crippen LogP contribution is 2.34. The molecule has 0 spiro atoms. The molecule has 4 rings (SSSR count). The molecule has 0 amide bonds. The summed E-state index contributed by atoms with van der Waals surface area (Å²) in [5.41, 5.74) is 1.31. The first-order valence-electron chi connectivity index (χ1n) is 7.59. The standard InChI is InChI=1S/C15H18N2O2S2/c18-14-12-10-2-1-3-11(10)21-13(12)16-15(20)17(14)6-7-19-8-9-4-5-9/h9H,1-8H2,(H,16,20). The Bertz CT molecular complexity index is 798. The summed E-state index contributed by atoms with van der Waals surface area (Å²) in [6.07, 6.45) is 5.85. The Labute approximate surface area is 131 Å². The van der Waals surface area contributed by atoms with Gasteiger partial charge in [-0.05, 0) is 55.8 Å². The molecule has 21 heavy (non-hydrogen) atoms. The van der Waals surface area contributed by atoms with E-state index in [1.165, 1.54) is 23.3 Å². The Balaban J connectivity index is 1.64. The van der Waals surface area contributed by atoms with Crippen molar-refractivity contribution in [1.29, 1.82) is 0 Å². The van der Waals surface area contributed by atoms with Gasteiger partial charge < -0.3 is 9.72 Å². The summed E-state index contributed by atoms with van der Waals surface area (Å²) in [6, 6.07) is 0. The van der Waals surface area contributed by atoms with E-state index in [4.69, 9.17) is 17.0 Å². The zero-order valence-electron chi connectivity index (χ0n) is 11.8. The van der Waals surface area contributed by atoms with Crippen LogP contribution in [0, 0.1) is 10.7 Å². The molecule has 0 aromatic carbocycles. The monoisotopic (exact) mass is 322 g/mol. The van der Waals surface area contributed by atoms with E-state index in [0.29, 0.717) is 17.9 Å². The lowest BCUT2D eigenvalue weighted by Crippen LogP contribution is -2.24. The first-order chi connectivity index (χ1) is 10.2. The van der Waals surface area contributed by atoms with Gasteiger partial charge in [-0.25, -0.2) is 0 Å². The number of ether oxygens (including phenoxy) is 1. The number of hydrogen-bond acceptors (Lipinski definition) is 4. The fourth-order valence-electron chi connectivity index (χ4n) is 3.00. The number of rotatable bonds is 5. The highest BCUT2D eigenvalue weighted by molar-refractivity contribution is 7.71. The second-order valence-corrected chi connectivity index (χ2v) is 7.46. The number of H-pyrrole nitrogens is 1. The molecule has 0 bridgehead atoms. The second-order valence-electron chi connectivity index (χ2n) is 5.97. The number of aromatic nitrogens is 2. The maximum absolute atomic E-state index is 12.7. The van der Waals surface area contributed by atoms with Crippen molar-refractivity contribution in [2.45, 2.75) is 38.6 Å². The van der Waals surface area contributed by atoms with Crippen molar-refractivity contribution in [2.75, 3.05) is 13.2 Å². The van der Waals surface area contributed by atoms with Crippen LogP contribution in [0.2, 0.25) is 0 Å². The van der Waals surface area contributed by atoms with Crippen LogP contribution in [-0.2, 0) is 24.1 Å². The van der Waals surface area contributed by atoms with E-state index < -0.39 is 0 Å². The number of aryl methyl sites for hydroxylation is 2. The van der Waals surface area contributed by atoms with Gasteiger partial charge in [0.05, 0.1) is 18.5 Å². The van der Waals surface area contributed by atoms with Crippen LogP contribution < -0.4 is 5.56 Å². The Morgan fingerprint density at radius 1 is 1.38 bits per heavy atom. The highest BCUT2D eigenvalue weighted by atomic mass is 32.1. The highest BCUT2D eigenvalue weighted by Gasteiger charge is 2.22. The zero-order chi connectivity index (χ0) is 14.4. The van der Waals surface area contributed by atoms with Gasteiger partial charge in [0.1, 0.15) is 4.83 Å². The van der Waals surface area contributed by atoms with Gasteiger partial charge in [-0.2, -0.15) is 0 Å². The van der Waals surface area contributed by atoms with E-state index in [1.807, 2.05) is 0 Å². The van der Waals surface area contributed by atoms with E-state index in [0.717, 1.165) is 42.0 Å². The minimum absolute atomic E-state index is 0.0585. The normalized spacial score (nSPS) is 17.5. The number of hydrogen-bond donors (Lipinski definition) is 1. The van der Waals surface area contributed by atoms with Gasteiger partial charge in [-0.15, -0.1) is 11.3 Å². The quantitative estimate of drug-likeness (QED) is 0.680. The maximum atomic E-state index is 12.7. The first-order valence-corrected chi connectivity index (χ1v) is 8.81. The Morgan fingerprint density at radius 2 is 2.24 bits per heavy atom. The third-order valence-corrected chi connectivity index (χ3v) is 5.89. The van der Waals surface area contributed by atoms with Crippen LogP contribution in [0.5, 0.6) is 0 Å². The lowest BCUT2D eigenvalue weighted by molar-refractivity contribution is 0.116. The van der Waals surface area contributed by atoms with Gasteiger partial charge in [0, 0.05) is 11.5 Å². The van der Waals surface area contributed by atoms with Crippen LogP contribution in [0.3, 0.4) is 0 Å². The third kappa shape index (κ3) is 2.49. The summed E-state index contributed by atoms with van der Waals surface area (Å²) in [5, 5.41) is 0.864. The molecule has 2 heterocycles. The summed E-state index contributed by atoms with van der Waals surface area (Å²) < 4.78 is 7.82. The Hall–Kier alpha value is -0.980. The summed E-state index contributed by atoms with van der Waals surface area (Å²) in [7, 11) is 0. The average Bonchev–Trinajstić information content (AvgIpc) is 3.05. The minimum atomic E-state index is 0.0585. The van der Waals surface area contributed by atoms with Crippen molar-refractivity contribution < 1.29 is 4.74 Å². The van der Waals surface area contributed by atoms with Crippen molar-refractivity contribution in [3.8, 4) is 0 Å². The SMILES string of the molecule is O=c1c2c3c(sc2[nH]c(=S)n1CCOCC1CC1)CCC3. The Kier molecular flexibility index (Phi) is 3.47. The topological polar surface area (TPSA) is 47.0 Å². The van der Waals surface area contributed by atoms with Gasteiger partial charge in [0.25, 0.3) is 5.56 Å². The smallest absolute Gasteiger partial charge is 0.263 e. The lowest BCUT2D eigenvalue weighted by atomic mass is 10.2. The molecule has 112 valence electrons. The maximum Gasteiger partial charge on any atom is 0.263 e. The average molecular weight is 322 g/mol. The molecule has 0 saturated heterocycles. The van der Waals surface area contributed by atoms with Gasteiger partial charge >= 0.3 is 0 Å². The number of aromatic amines is 1. The summed E-state index contributed by atoms with van der Waals surface area (Å²) >= 11 is 7.04. The first kappa shape index (κ1) is 13.7. The summed E-state index contributed by atoms with van der Waals surface area (Å²) in [6.45, 7) is 1.93. The lowest BCUT2D eigenvalue weighted by Gasteiger charge is -2.07.